The van der Waals surface area contributed by atoms with Crippen molar-refractivity contribution in [1.82, 2.24) is 9.97 Å². The van der Waals surface area contributed by atoms with Gasteiger partial charge in [-0.15, -0.1) is 0 Å². The van der Waals surface area contributed by atoms with Crippen LogP contribution in [0, 0.1) is 0 Å². The molecule has 6 heteroatoms. The molecule has 1 fully saturated rings. The molecule has 16 heavy (non-hydrogen) atoms. The van der Waals surface area contributed by atoms with Crippen LogP contribution in [0.25, 0.3) is 0 Å². The minimum atomic E-state index is -0.427. The first-order chi connectivity index (χ1) is 7.83. The number of methoxy groups -OCH3 is 1. The summed E-state index contributed by atoms with van der Waals surface area (Å²) in [5.41, 5.74) is 0.248. The maximum absolute atomic E-state index is 12.1. The Hall–Kier alpha value is -1.14. The molecule has 0 radical (unpaired) electrons. The third-order valence-corrected chi connectivity index (χ3v) is 3.19. The standard InChI is InChI=1S/C10H12N2O3S/c1-14-10-8(11-2-3-12-10)9(13)7-6-16-5-4-15-7/h2-3,7H,4-6H2,1H3. The van der Waals surface area contributed by atoms with Crippen LogP contribution in [-0.2, 0) is 4.74 Å². The normalized spacial score (nSPS) is 20.4. The van der Waals surface area contributed by atoms with Crippen molar-refractivity contribution in [2.45, 2.75) is 6.10 Å². The largest absolute Gasteiger partial charge is 0.479 e. The van der Waals surface area contributed by atoms with E-state index in [0.717, 1.165) is 5.75 Å². The zero-order valence-electron chi connectivity index (χ0n) is 8.88. The number of nitrogens with zero attached hydrogens (tertiary/aromatic N) is 2. The molecule has 2 heterocycles. The van der Waals surface area contributed by atoms with E-state index in [1.165, 1.54) is 19.5 Å². The van der Waals surface area contributed by atoms with Gasteiger partial charge in [0.2, 0.25) is 11.7 Å². The Morgan fingerprint density at radius 1 is 1.56 bits per heavy atom. The second-order valence-electron chi connectivity index (χ2n) is 3.21. The van der Waals surface area contributed by atoms with Gasteiger partial charge in [-0.2, -0.15) is 11.8 Å². The summed E-state index contributed by atoms with van der Waals surface area (Å²) in [6.45, 7) is 0.601. The molecular weight excluding hydrogens is 228 g/mol. The topological polar surface area (TPSA) is 61.3 Å². The molecule has 1 unspecified atom stereocenters. The second-order valence-corrected chi connectivity index (χ2v) is 4.36. The highest BCUT2D eigenvalue weighted by Gasteiger charge is 2.27. The van der Waals surface area contributed by atoms with Crippen molar-refractivity contribution < 1.29 is 14.3 Å². The Labute approximate surface area is 97.6 Å². The quantitative estimate of drug-likeness (QED) is 0.728. The Kier molecular flexibility index (Phi) is 3.74. The van der Waals surface area contributed by atoms with Crippen LogP contribution in [0.15, 0.2) is 12.4 Å². The summed E-state index contributed by atoms with van der Waals surface area (Å²) in [5.74, 6) is 1.70. The lowest BCUT2D eigenvalue weighted by molar-refractivity contribution is 0.0510. The highest BCUT2D eigenvalue weighted by molar-refractivity contribution is 7.99. The number of thioether (sulfide) groups is 1. The van der Waals surface area contributed by atoms with Crippen LogP contribution in [0.2, 0.25) is 0 Å². The fourth-order valence-electron chi connectivity index (χ4n) is 1.44. The number of ketones is 1. The van der Waals surface area contributed by atoms with E-state index in [0.29, 0.717) is 12.4 Å². The van der Waals surface area contributed by atoms with Crippen molar-refractivity contribution in [1.29, 1.82) is 0 Å². The third kappa shape index (κ3) is 2.33. The van der Waals surface area contributed by atoms with Crippen LogP contribution >= 0.6 is 11.8 Å². The van der Waals surface area contributed by atoms with Gasteiger partial charge < -0.3 is 9.47 Å². The van der Waals surface area contributed by atoms with Gasteiger partial charge in [0.1, 0.15) is 6.10 Å². The molecule has 0 aliphatic carbocycles. The minimum absolute atomic E-state index is 0.155. The first-order valence-corrected chi connectivity index (χ1v) is 6.07. The molecular formula is C10H12N2O3S. The third-order valence-electron chi connectivity index (χ3n) is 2.20. The first kappa shape index (κ1) is 11.3. The van der Waals surface area contributed by atoms with E-state index in [2.05, 4.69) is 9.97 Å². The number of ether oxygens (including phenoxy) is 2. The number of carbonyl (C=O) groups is 1. The lowest BCUT2D eigenvalue weighted by Gasteiger charge is -2.20. The zero-order valence-corrected chi connectivity index (χ0v) is 9.70. The molecule has 1 saturated heterocycles. The molecule has 1 aliphatic heterocycles. The Balaban J connectivity index is 2.19. The highest BCUT2D eigenvalue weighted by atomic mass is 32.2. The highest BCUT2D eigenvalue weighted by Crippen LogP contribution is 2.19. The average Bonchev–Trinajstić information content (AvgIpc) is 2.39. The van der Waals surface area contributed by atoms with Crippen LogP contribution in [0.5, 0.6) is 5.88 Å². The fourth-order valence-corrected chi connectivity index (χ4v) is 2.28. The van der Waals surface area contributed by atoms with E-state index in [4.69, 9.17) is 9.47 Å². The number of hydrogen-bond donors (Lipinski definition) is 0. The van der Waals surface area contributed by atoms with Crippen molar-refractivity contribution in [3.63, 3.8) is 0 Å². The fraction of sp³-hybridized carbons (Fsp3) is 0.500. The second kappa shape index (κ2) is 5.27. The Morgan fingerprint density at radius 2 is 2.38 bits per heavy atom. The summed E-state index contributed by atoms with van der Waals surface area (Å²) in [6, 6.07) is 0. The van der Waals surface area contributed by atoms with Gasteiger partial charge in [-0.05, 0) is 0 Å². The van der Waals surface area contributed by atoms with E-state index >= 15 is 0 Å². The minimum Gasteiger partial charge on any atom is -0.479 e. The predicted molar refractivity (Wildman–Crippen MR) is 60.0 cm³/mol. The van der Waals surface area contributed by atoms with Crippen LogP contribution < -0.4 is 4.74 Å². The molecule has 1 aromatic rings. The van der Waals surface area contributed by atoms with Crippen molar-refractivity contribution in [3.05, 3.63) is 18.1 Å². The van der Waals surface area contributed by atoms with Gasteiger partial charge in [-0.3, -0.25) is 4.79 Å². The molecule has 0 spiro atoms. The van der Waals surface area contributed by atoms with Crippen LogP contribution in [0.1, 0.15) is 10.5 Å². The van der Waals surface area contributed by atoms with Gasteiger partial charge in [-0.1, -0.05) is 0 Å². The first-order valence-electron chi connectivity index (χ1n) is 4.91. The summed E-state index contributed by atoms with van der Waals surface area (Å²) < 4.78 is 10.4. The molecule has 0 aromatic carbocycles. The van der Waals surface area contributed by atoms with Crippen molar-refractivity contribution in [3.8, 4) is 5.88 Å². The molecule has 0 saturated carbocycles. The number of Topliss-reactive ketones (excluding diaryl/α,β-unsaturated/α-hetero) is 1. The summed E-state index contributed by atoms with van der Waals surface area (Å²) in [4.78, 5) is 20.0. The predicted octanol–water partition coefficient (Wildman–Crippen LogP) is 0.800. The van der Waals surface area contributed by atoms with Gasteiger partial charge in [0.15, 0.2) is 5.69 Å². The number of aromatic nitrogens is 2. The molecule has 2 rings (SSSR count). The van der Waals surface area contributed by atoms with E-state index in [1.54, 1.807) is 11.8 Å². The molecule has 0 amide bonds. The van der Waals surface area contributed by atoms with Crippen LogP contribution in [-0.4, -0.2) is 47.1 Å². The van der Waals surface area contributed by atoms with E-state index < -0.39 is 6.10 Å². The van der Waals surface area contributed by atoms with E-state index in [-0.39, 0.29) is 17.4 Å². The summed E-state index contributed by atoms with van der Waals surface area (Å²) in [7, 11) is 1.47. The van der Waals surface area contributed by atoms with Gasteiger partial charge in [0.25, 0.3) is 0 Å². The van der Waals surface area contributed by atoms with Crippen molar-refractivity contribution in [2.24, 2.45) is 0 Å². The zero-order chi connectivity index (χ0) is 11.4. The van der Waals surface area contributed by atoms with Crippen LogP contribution in [0.3, 0.4) is 0 Å². The molecule has 5 nitrogen and oxygen atoms in total. The van der Waals surface area contributed by atoms with Crippen molar-refractivity contribution >= 4 is 17.5 Å². The van der Waals surface area contributed by atoms with Gasteiger partial charge in [0.05, 0.1) is 13.7 Å². The lowest BCUT2D eigenvalue weighted by Crippen LogP contribution is -2.32. The molecule has 0 bridgehead atoms. The maximum atomic E-state index is 12.1. The SMILES string of the molecule is COc1nccnc1C(=O)C1CSCCO1. The molecule has 1 aromatic heterocycles. The Bertz CT molecular complexity index is 380. The van der Waals surface area contributed by atoms with E-state index in [1.807, 2.05) is 0 Å². The van der Waals surface area contributed by atoms with Crippen molar-refractivity contribution in [2.75, 3.05) is 25.2 Å². The summed E-state index contributed by atoms with van der Waals surface area (Å²) >= 11 is 1.70. The smallest absolute Gasteiger partial charge is 0.243 e. The molecule has 1 atom stereocenters. The number of carbonyl (C=O) groups excluding carboxylic acids is 1. The molecule has 0 N–H and O–H groups in total. The van der Waals surface area contributed by atoms with Gasteiger partial charge in [-0.25, -0.2) is 9.97 Å². The summed E-state index contributed by atoms with van der Waals surface area (Å²) in [6.07, 6.45) is 2.54. The maximum Gasteiger partial charge on any atom is 0.243 e. The van der Waals surface area contributed by atoms with Crippen LogP contribution in [0.4, 0.5) is 0 Å². The van der Waals surface area contributed by atoms with E-state index in [9.17, 15) is 4.79 Å². The van der Waals surface area contributed by atoms with Gasteiger partial charge >= 0.3 is 0 Å². The Morgan fingerprint density at radius 3 is 3.06 bits per heavy atom. The number of hydrogen-bond acceptors (Lipinski definition) is 6. The summed E-state index contributed by atoms with van der Waals surface area (Å²) in [5, 5.41) is 0. The average molecular weight is 240 g/mol. The molecule has 1 aliphatic rings. The number of rotatable bonds is 3. The molecule has 86 valence electrons. The van der Waals surface area contributed by atoms with Gasteiger partial charge in [0, 0.05) is 23.9 Å². The lowest BCUT2D eigenvalue weighted by atomic mass is 10.2. The monoisotopic (exact) mass is 240 g/mol.